The Bertz CT molecular complexity index is 758. The summed E-state index contributed by atoms with van der Waals surface area (Å²) in [7, 11) is 0. The van der Waals surface area contributed by atoms with Gasteiger partial charge in [-0.3, -0.25) is 9.79 Å². The van der Waals surface area contributed by atoms with E-state index in [0.717, 1.165) is 23.3 Å². The van der Waals surface area contributed by atoms with E-state index < -0.39 is 5.54 Å². The molecule has 4 nitrogen and oxygen atoms in total. The molecule has 0 bridgehead atoms. The lowest BCUT2D eigenvalue weighted by molar-refractivity contribution is 0.0966. The first-order valence-corrected chi connectivity index (χ1v) is 8.67. The van der Waals surface area contributed by atoms with Crippen molar-refractivity contribution in [3.05, 3.63) is 58.5 Å². The first kappa shape index (κ1) is 16.1. The van der Waals surface area contributed by atoms with Crippen molar-refractivity contribution >= 4 is 34.3 Å². The molecule has 1 aromatic carbocycles. The fourth-order valence-electron chi connectivity index (χ4n) is 2.67. The second kappa shape index (κ2) is 6.42. The van der Waals surface area contributed by atoms with Gasteiger partial charge in [-0.25, -0.2) is 0 Å². The molecule has 0 amide bonds. The zero-order valence-electron chi connectivity index (χ0n) is 12.7. The van der Waals surface area contributed by atoms with Crippen LogP contribution in [-0.2, 0) is 12.0 Å². The standard InChI is InChI=1S/C17H17ClN2O2S/c1-17(4-6-23-16(19)20-17)12-7-11(8-13(18)10-12)9-14(21)15-3-2-5-22-15/h2-3,5,7-8,10H,4,6,9H2,1H3,(H2,19,20). The Hall–Kier alpha value is -1.72. The van der Waals surface area contributed by atoms with Gasteiger partial charge in [0, 0.05) is 17.2 Å². The van der Waals surface area contributed by atoms with Gasteiger partial charge in [0.15, 0.2) is 10.9 Å². The molecule has 0 saturated heterocycles. The summed E-state index contributed by atoms with van der Waals surface area (Å²) in [4.78, 5) is 16.8. The molecule has 2 N–H and O–H groups in total. The van der Waals surface area contributed by atoms with Gasteiger partial charge < -0.3 is 10.2 Å². The molecule has 0 radical (unpaired) electrons. The Morgan fingerprint density at radius 3 is 3.00 bits per heavy atom. The van der Waals surface area contributed by atoms with Gasteiger partial charge in [0.1, 0.15) is 0 Å². The number of rotatable bonds is 4. The molecule has 0 fully saturated rings. The predicted octanol–water partition coefficient (Wildman–Crippen LogP) is 4.03. The zero-order chi connectivity index (χ0) is 16.4. The molecule has 1 atom stereocenters. The fourth-order valence-corrected chi connectivity index (χ4v) is 3.90. The first-order valence-electron chi connectivity index (χ1n) is 7.31. The Morgan fingerprint density at radius 1 is 1.48 bits per heavy atom. The average Bonchev–Trinajstić information content (AvgIpc) is 3.00. The van der Waals surface area contributed by atoms with Gasteiger partial charge >= 0.3 is 0 Å². The average molecular weight is 349 g/mol. The lowest BCUT2D eigenvalue weighted by Crippen LogP contribution is -2.28. The van der Waals surface area contributed by atoms with Crippen LogP contribution in [0.5, 0.6) is 0 Å². The lowest BCUT2D eigenvalue weighted by atomic mass is 9.88. The smallest absolute Gasteiger partial charge is 0.202 e. The molecule has 1 aliphatic rings. The van der Waals surface area contributed by atoms with E-state index in [9.17, 15) is 4.79 Å². The van der Waals surface area contributed by atoms with Crippen LogP contribution in [0.1, 0.15) is 35.0 Å². The van der Waals surface area contributed by atoms with Crippen molar-refractivity contribution in [2.45, 2.75) is 25.3 Å². The van der Waals surface area contributed by atoms with E-state index >= 15 is 0 Å². The van der Waals surface area contributed by atoms with Crippen LogP contribution >= 0.6 is 23.4 Å². The van der Waals surface area contributed by atoms with Gasteiger partial charge in [0.25, 0.3) is 0 Å². The van der Waals surface area contributed by atoms with Gasteiger partial charge in [-0.15, -0.1) is 0 Å². The zero-order valence-corrected chi connectivity index (χ0v) is 14.3. The molecule has 2 aromatic rings. The van der Waals surface area contributed by atoms with Crippen molar-refractivity contribution in [1.82, 2.24) is 0 Å². The molecule has 3 rings (SSSR count). The van der Waals surface area contributed by atoms with Crippen molar-refractivity contribution in [1.29, 1.82) is 0 Å². The van der Waals surface area contributed by atoms with E-state index in [1.807, 2.05) is 19.1 Å². The predicted molar refractivity (Wildman–Crippen MR) is 94.2 cm³/mol. The van der Waals surface area contributed by atoms with E-state index in [1.165, 1.54) is 6.26 Å². The minimum absolute atomic E-state index is 0.0735. The molecular weight excluding hydrogens is 332 g/mol. The number of amidine groups is 1. The summed E-state index contributed by atoms with van der Waals surface area (Å²) < 4.78 is 5.15. The van der Waals surface area contributed by atoms with Crippen molar-refractivity contribution in [3.8, 4) is 0 Å². The molecule has 6 heteroatoms. The SMILES string of the molecule is CC1(c2cc(Cl)cc(CC(=O)c3ccco3)c2)CCSC(N)=N1. The van der Waals surface area contributed by atoms with E-state index in [2.05, 4.69) is 4.99 Å². The molecular formula is C17H17ClN2O2S. The second-order valence-electron chi connectivity index (χ2n) is 5.75. The number of benzene rings is 1. The lowest BCUT2D eigenvalue weighted by Gasteiger charge is -2.30. The van der Waals surface area contributed by atoms with Crippen molar-refractivity contribution in [3.63, 3.8) is 0 Å². The Balaban J connectivity index is 1.90. The highest BCUT2D eigenvalue weighted by Gasteiger charge is 2.30. The number of Topliss-reactive ketones (excluding diaryl/α,β-unsaturated/α-hetero) is 1. The maximum absolute atomic E-state index is 12.2. The summed E-state index contributed by atoms with van der Waals surface area (Å²) in [6.45, 7) is 2.05. The summed E-state index contributed by atoms with van der Waals surface area (Å²) in [6, 6.07) is 9.06. The van der Waals surface area contributed by atoms with Crippen LogP contribution in [0.25, 0.3) is 0 Å². The van der Waals surface area contributed by atoms with Gasteiger partial charge in [-0.1, -0.05) is 29.4 Å². The highest BCUT2D eigenvalue weighted by atomic mass is 35.5. The van der Waals surface area contributed by atoms with Crippen LogP contribution in [0.3, 0.4) is 0 Å². The molecule has 0 spiro atoms. The normalized spacial score (nSPS) is 21.0. The molecule has 120 valence electrons. The number of thioether (sulfide) groups is 1. The number of ketones is 1. The summed E-state index contributed by atoms with van der Waals surface area (Å²) in [6.07, 6.45) is 2.62. The van der Waals surface area contributed by atoms with Gasteiger partial charge in [0.2, 0.25) is 5.78 Å². The third-order valence-corrected chi connectivity index (χ3v) is 4.95. The number of carbonyl (C=O) groups is 1. The molecule has 0 saturated carbocycles. The third kappa shape index (κ3) is 3.62. The van der Waals surface area contributed by atoms with Crippen molar-refractivity contribution in [2.75, 3.05) is 5.75 Å². The van der Waals surface area contributed by atoms with Crippen LogP contribution in [0.2, 0.25) is 5.02 Å². The van der Waals surface area contributed by atoms with Gasteiger partial charge in [-0.2, -0.15) is 0 Å². The number of aliphatic imine (C=N–C) groups is 1. The highest BCUT2D eigenvalue weighted by molar-refractivity contribution is 8.13. The number of hydrogen-bond donors (Lipinski definition) is 1. The fraction of sp³-hybridized carbons (Fsp3) is 0.294. The molecule has 1 aliphatic heterocycles. The van der Waals surface area contributed by atoms with E-state index in [0.29, 0.717) is 16.0 Å². The Morgan fingerprint density at radius 2 is 2.30 bits per heavy atom. The number of carbonyl (C=O) groups excluding carboxylic acids is 1. The molecule has 23 heavy (non-hydrogen) atoms. The number of halogens is 1. The van der Waals surface area contributed by atoms with Crippen LogP contribution in [0, 0.1) is 0 Å². The van der Waals surface area contributed by atoms with E-state index in [-0.39, 0.29) is 12.2 Å². The van der Waals surface area contributed by atoms with E-state index in [1.54, 1.807) is 30.0 Å². The largest absolute Gasteiger partial charge is 0.461 e. The summed E-state index contributed by atoms with van der Waals surface area (Å²) in [5.74, 6) is 1.20. The topological polar surface area (TPSA) is 68.6 Å². The number of nitrogens with two attached hydrogens (primary N) is 1. The summed E-state index contributed by atoms with van der Waals surface area (Å²) in [5.41, 5.74) is 7.31. The van der Waals surface area contributed by atoms with Crippen LogP contribution in [0.15, 0.2) is 46.0 Å². The van der Waals surface area contributed by atoms with Crippen LogP contribution in [0.4, 0.5) is 0 Å². The quantitative estimate of drug-likeness (QED) is 0.847. The van der Waals surface area contributed by atoms with Crippen molar-refractivity contribution in [2.24, 2.45) is 10.7 Å². The minimum Gasteiger partial charge on any atom is -0.461 e. The monoisotopic (exact) mass is 348 g/mol. The maximum Gasteiger partial charge on any atom is 0.202 e. The Labute approximate surface area is 144 Å². The first-order chi connectivity index (χ1) is 11.0. The number of nitrogens with zero attached hydrogens (tertiary/aromatic N) is 1. The molecule has 0 aliphatic carbocycles. The molecule has 1 aromatic heterocycles. The van der Waals surface area contributed by atoms with Crippen LogP contribution < -0.4 is 5.73 Å². The van der Waals surface area contributed by atoms with Gasteiger partial charge in [0.05, 0.1) is 11.8 Å². The highest BCUT2D eigenvalue weighted by Crippen LogP contribution is 2.36. The van der Waals surface area contributed by atoms with Gasteiger partial charge in [-0.05, 0) is 48.7 Å². The molecule has 1 unspecified atom stereocenters. The summed E-state index contributed by atoms with van der Waals surface area (Å²) in [5, 5.41) is 1.19. The third-order valence-electron chi connectivity index (χ3n) is 3.94. The Kier molecular flexibility index (Phi) is 4.50. The van der Waals surface area contributed by atoms with E-state index in [4.69, 9.17) is 21.8 Å². The van der Waals surface area contributed by atoms with Crippen molar-refractivity contribution < 1.29 is 9.21 Å². The second-order valence-corrected chi connectivity index (χ2v) is 7.30. The number of hydrogen-bond acceptors (Lipinski definition) is 5. The number of furan rings is 1. The molecule has 2 heterocycles. The maximum atomic E-state index is 12.2. The summed E-state index contributed by atoms with van der Waals surface area (Å²) >= 11 is 7.82. The minimum atomic E-state index is -0.400. The van der Waals surface area contributed by atoms with Crippen LogP contribution in [-0.4, -0.2) is 16.7 Å².